The van der Waals surface area contributed by atoms with E-state index in [1.807, 2.05) is 84.9 Å². The molecule has 0 radical (unpaired) electrons. The van der Waals surface area contributed by atoms with Crippen LogP contribution < -0.4 is 26.3 Å². The second-order valence-corrected chi connectivity index (χ2v) is 10.9. The first-order valence-corrected chi connectivity index (χ1v) is 12.3. The van der Waals surface area contributed by atoms with Crippen LogP contribution in [-0.4, -0.2) is 11.2 Å². The van der Waals surface area contributed by atoms with Gasteiger partial charge >= 0.3 is 0 Å². The van der Waals surface area contributed by atoms with Gasteiger partial charge in [-0.25, -0.2) is 5.01 Å². The van der Waals surface area contributed by atoms with Crippen LogP contribution in [0.3, 0.4) is 0 Å². The second-order valence-electron chi connectivity index (χ2n) is 7.59. The Morgan fingerprint density at radius 1 is 0.594 bits per heavy atom. The minimum Gasteiger partial charge on any atom is -0.291 e. The minimum atomic E-state index is -2.51. The van der Waals surface area contributed by atoms with E-state index in [2.05, 4.69) is 48.4 Å². The molecular formula is C28H23N2OP. The molecule has 156 valence electrons. The summed E-state index contributed by atoms with van der Waals surface area (Å²) in [5.41, 5.74) is 4.70. The molecule has 1 aliphatic rings. The number of carbonyl (C=O) groups excluding carboxylic acids is 1. The zero-order valence-electron chi connectivity index (χ0n) is 17.6. The second kappa shape index (κ2) is 8.37. The van der Waals surface area contributed by atoms with Gasteiger partial charge in [-0.15, -0.1) is 0 Å². The van der Waals surface area contributed by atoms with Gasteiger partial charge in [0.1, 0.15) is 0 Å². The van der Waals surface area contributed by atoms with E-state index in [1.165, 1.54) is 0 Å². The highest BCUT2D eigenvalue weighted by Gasteiger charge is 2.40. The molecular weight excluding hydrogens is 411 g/mol. The smallest absolute Gasteiger partial charge is 0.280 e. The lowest BCUT2D eigenvalue weighted by molar-refractivity contribution is -0.112. The van der Waals surface area contributed by atoms with Crippen LogP contribution in [0.25, 0.3) is 0 Å². The Morgan fingerprint density at radius 3 is 1.38 bits per heavy atom. The molecule has 0 aliphatic carbocycles. The fourth-order valence-electron chi connectivity index (χ4n) is 4.37. The minimum absolute atomic E-state index is 0.0638. The van der Waals surface area contributed by atoms with E-state index in [9.17, 15) is 4.79 Å². The first-order chi connectivity index (χ1) is 15.7. The zero-order chi connectivity index (χ0) is 22.0. The number of benzene rings is 4. The molecule has 1 heterocycles. The van der Waals surface area contributed by atoms with Crippen molar-refractivity contribution in [1.82, 2.24) is 5.43 Å². The normalized spacial score (nSPS) is 13.9. The van der Waals surface area contributed by atoms with Crippen molar-refractivity contribution >= 4 is 39.7 Å². The number of nitrogens with one attached hydrogen (secondary N) is 1. The SMILES string of the molecule is C=C1NN(c2ccccc2)C(=O)C1=P(c1ccccc1)(c1ccccc1)c1ccccc1. The third kappa shape index (κ3) is 3.19. The molecule has 0 saturated carbocycles. The molecule has 4 aromatic rings. The fourth-order valence-corrected chi connectivity index (χ4v) is 8.74. The van der Waals surface area contributed by atoms with Gasteiger partial charge in [-0.3, -0.25) is 10.2 Å². The molecule has 4 aromatic carbocycles. The monoisotopic (exact) mass is 434 g/mol. The van der Waals surface area contributed by atoms with Gasteiger partial charge < -0.3 is 0 Å². The van der Waals surface area contributed by atoms with Gasteiger partial charge in [0.05, 0.1) is 16.7 Å². The first kappa shape index (κ1) is 20.1. The summed E-state index contributed by atoms with van der Waals surface area (Å²) in [6, 6.07) is 40.7. The molecule has 0 aromatic heterocycles. The number of hydrogen-bond donors (Lipinski definition) is 1. The highest BCUT2D eigenvalue weighted by atomic mass is 31.2. The summed E-state index contributed by atoms with van der Waals surface area (Å²) < 4.78 is 0. The lowest BCUT2D eigenvalue weighted by Gasteiger charge is -2.30. The average molecular weight is 434 g/mol. The van der Waals surface area contributed by atoms with Crippen LogP contribution in [-0.2, 0) is 4.79 Å². The number of para-hydroxylation sites is 1. The van der Waals surface area contributed by atoms with Gasteiger partial charge in [-0.05, 0) is 34.9 Å². The van der Waals surface area contributed by atoms with Crippen LogP contribution in [0.5, 0.6) is 0 Å². The number of carbonyl (C=O) groups is 1. The van der Waals surface area contributed by atoms with Crippen molar-refractivity contribution in [1.29, 1.82) is 0 Å². The molecule has 1 amide bonds. The maximum atomic E-state index is 14.1. The predicted octanol–water partition coefficient (Wildman–Crippen LogP) is 4.22. The van der Waals surface area contributed by atoms with Crippen molar-refractivity contribution in [2.75, 3.05) is 5.01 Å². The number of amides is 1. The van der Waals surface area contributed by atoms with Crippen LogP contribution in [0, 0.1) is 0 Å². The summed E-state index contributed by atoms with van der Waals surface area (Å²) in [6.07, 6.45) is 0. The van der Waals surface area contributed by atoms with E-state index in [0.29, 0.717) is 5.70 Å². The molecule has 32 heavy (non-hydrogen) atoms. The Kier molecular flexibility index (Phi) is 5.26. The predicted molar refractivity (Wildman–Crippen MR) is 136 cm³/mol. The van der Waals surface area contributed by atoms with E-state index in [0.717, 1.165) is 26.9 Å². The summed E-state index contributed by atoms with van der Waals surface area (Å²) in [6.45, 7) is 1.81. The van der Waals surface area contributed by atoms with Gasteiger partial charge in [0, 0.05) is 0 Å². The number of hydrogen-bond acceptors (Lipinski definition) is 2. The highest BCUT2D eigenvalue weighted by Crippen LogP contribution is 2.48. The number of rotatable bonds is 4. The molecule has 0 unspecified atom stereocenters. The molecule has 0 spiro atoms. The topological polar surface area (TPSA) is 32.3 Å². The van der Waals surface area contributed by atoms with Crippen LogP contribution >= 0.6 is 6.89 Å². The lowest BCUT2D eigenvalue weighted by Crippen LogP contribution is -2.36. The molecule has 1 aliphatic heterocycles. The van der Waals surface area contributed by atoms with Crippen LogP contribution in [0.1, 0.15) is 0 Å². The summed E-state index contributed by atoms with van der Waals surface area (Å²) in [7, 11) is 0. The Balaban J connectivity index is 1.92. The molecule has 0 bridgehead atoms. The van der Waals surface area contributed by atoms with Crippen LogP contribution in [0.2, 0.25) is 0 Å². The van der Waals surface area contributed by atoms with Gasteiger partial charge in [0.25, 0.3) is 5.91 Å². The molecule has 1 saturated heterocycles. The lowest BCUT2D eigenvalue weighted by atomic mass is 10.3. The first-order valence-electron chi connectivity index (χ1n) is 10.5. The van der Waals surface area contributed by atoms with Gasteiger partial charge in [0.15, 0.2) is 0 Å². The zero-order valence-corrected chi connectivity index (χ0v) is 18.5. The Labute approximate surface area is 188 Å². The summed E-state index contributed by atoms with van der Waals surface area (Å²) in [5.74, 6) is -0.0638. The standard InChI is InChI=1S/C28H23N2OP/c1-22-27(28(31)30(29-22)23-14-6-2-7-15-23)32(24-16-8-3-9-17-24,25-18-10-4-11-19-25)26-20-12-5-13-21-26/h2-21,29H,1H2. The van der Waals surface area contributed by atoms with Crippen LogP contribution in [0.15, 0.2) is 134 Å². The Morgan fingerprint density at radius 2 is 0.969 bits per heavy atom. The van der Waals surface area contributed by atoms with E-state index in [1.54, 1.807) is 5.01 Å². The summed E-state index contributed by atoms with van der Waals surface area (Å²) in [5, 5.41) is 5.71. The van der Waals surface area contributed by atoms with Crippen molar-refractivity contribution in [3.8, 4) is 0 Å². The van der Waals surface area contributed by atoms with Crippen LogP contribution in [0.4, 0.5) is 5.69 Å². The maximum absolute atomic E-state index is 14.1. The third-order valence-corrected chi connectivity index (χ3v) is 10.1. The quantitative estimate of drug-likeness (QED) is 0.488. The number of nitrogens with zero attached hydrogens (tertiary/aromatic N) is 1. The fraction of sp³-hybridized carbons (Fsp3) is 0. The van der Waals surface area contributed by atoms with E-state index in [4.69, 9.17) is 0 Å². The van der Waals surface area contributed by atoms with Crippen molar-refractivity contribution in [2.45, 2.75) is 0 Å². The van der Waals surface area contributed by atoms with Crippen molar-refractivity contribution in [2.24, 2.45) is 0 Å². The molecule has 0 atom stereocenters. The largest absolute Gasteiger partial charge is 0.291 e. The Hall–Kier alpha value is -3.81. The Bertz CT molecular complexity index is 1210. The average Bonchev–Trinajstić information content (AvgIpc) is 3.17. The maximum Gasteiger partial charge on any atom is 0.280 e. The molecule has 4 heteroatoms. The van der Waals surface area contributed by atoms with Gasteiger partial charge in [-0.1, -0.05) is 116 Å². The highest BCUT2D eigenvalue weighted by molar-refractivity contribution is 7.97. The number of anilines is 1. The van der Waals surface area contributed by atoms with Crippen molar-refractivity contribution < 1.29 is 4.79 Å². The molecule has 1 fully saturated rings. The summed E-state index contributed by atoms with van der Waals surface area (Å²) in [4.78, 5) is 14.1. The van der Waals surface area contributed by atoms with Gasteiger partial charge in [-0.2, -0.15) is 0 Å². The summed E-state index contributed by atoms with van der Waals surface area (Å²) >= 11 is 0. The van der Waals surface area contributed by atoms with E-state index >= 15 is 0 Å². The molecule has 1 N–H and O–H groups in total. The van der Waals surface area contributed by atoms with Crippen molar-refractivity contribution in [3.05, 3.63) is 134 Å². The van der Waals surface area contributed by atoms with E-state index < -0.39 is 6.89 Å². The van der Waals surface area contributed by atoms with Gasteiger partial charge in [0.2, 0.25) is 0 Å². The van der Waals surface area contributed by atoms with Crippen molar-refractivity contribution in [3.63, 3.8) is 0 Å². The third-order valence-electron chi connectivity index (χ3n) is 5.72. The number of hydrazine groups is 1. The molecule has 3 nitrogen and oxygen atoms in total. The van der Waals surface area contributed by atoms with E-state index in [-0.39, 0.29) is 5.91 Å². The molecule has 5 rings (SSSR count).